The van der Waals surface area contributed by atoms with Crippen molar-refractivity contribution in [2.75, 3.05) is 5.32 Å². The molecular weight excluding hydrogens is 430 g/mol. The Morgan fingerprint density at radius 3 is 2.53 bits per heavy atom. The van der Waals surface area contributed by atoms with Crippen LogP contribution in [0.25, 0.3) is 0 Å². The van der Waals surface area contributed by atoms with Crippen LogP contribution in [-0.4, -0.2) is 32.9 Å². The zero-order valence-electron chi connectivity index (χ0n) is 15.7. The number of hydrogen-bond acceptors (Lipinski definition) is 7. The number of nitrogens with one attached hydrogen (secondary N) is 2. The molecule has 2 N–H and O–H groups in total. The van der Waals surface area contributed by atoms with Gasteiger partial charge in [0.2, 0.25) is 11.8 Å². The molecule has 2 amide bonds. The van der Waals surface area contributed by atoms with Crippen LogP contribution in [0.5, 0.6) is 0 Å². The molecule has 1 heterocycles. The van der Waals surface area contributed by atoms with Gasteiger partial charge in [-0.15, -0.1) is 5.10 Å². The molecule has 0 bridgehead atoms. The Labute approximate surface area is 180 Å². The number of nitro groups is 1. The number of carbonyl (C=O) groups excluding carboxylic acids is 2. The van der Waals surface area contributed by atoms with Crippen LogP contribution in [0.3, 0.4) is 0 Å². The van der Waals surface area contributed by atoms with E-state index in [9.17, 15) is 19.7 Å². The average molecular weight is 446 g/mol. The normalized spacial score (nSPS) is 17.7. The van der Waals surface area contributed by atoms with Gasteiger partial charge in [0.05, 0.1) is 10.6 Å². The maximum absolute atomic E-state index is 12.2. The van der Waals surface area contributed by atoms with Gasteiger partial charge in [-0.05, 0) is 48.9 Å². The van der Waals surface area contributed by atoms with Crippen LogP contribution in [0.1, 0.15) is 18.9 Å². The van der Waals surface area contributed by atoms with Gasteiger partial charge in [-0.1, -0.05) is 23.4 Å². The van der Waals surface area contributed by atoms with Crippen LogP contribution in [0.15, 0.2) is 58.7 Å². The predicted molar refractivity (Wildman–Crippen MR) is 117 cm³/mol. The molecular formula is C19H16ClN5O4S. The highest BCUT2D eigenvalue weighted by molar-refractivity contribution is 8.15. The monoisotopic (exact) mass is 445 g/mol. The molecule has 0 aliphatic carbocycles. The molecule has 0 aromatic heterocycles. The van der Waals surface area contributed by atoms with Crippen molar-refractivity contribution in [2.45, 2.75) is 18.6 Å². The SMILES string of the molecule is C/C(=N/N=C1\NC(=O)[C@H](CC(=O)Nc2ccc(Cl)cc2)S1)c1ccc([N+](=O)[O-])cc1. The van der Waals surface area contributed by atoms with Gasteiger partial charge in [0.25, 0.3) is 5.69 Å². The number of amides is 2. The van der Waals surface area contributed by atoms with Crippen molar-refractivity contribution >= 4 is 57.4 Å². The Hall–Kier alpha value is -3.24. The number of halogens is 1. The molecule has 1 aliphatic heterocycles. The van der Waals surface area contributed by atoms with Crippen LogP contribution in [-0.2, 0) is 9.59 Å². The fourth-order valence-electron chi connectivity index (χ4n) is 2.50. The van der Waals surface area contributed by atoms with E-state index in [1.54, 1.807) is 43.3 Å². The molecule has 1 aliphatic rings. The van der Waals surface area contributed by atoms with E-state index < -0.39 is 10.2 Å². The van der Waals surface area contributed by atoms with Gasteiger partial charge in [-0.25, -0.2) is 0 Å². The minimum atomic E-state index is -0.620. The summed E-state index contributed by atoms with van der Waals surface area (Å²) < 4.78 is 0. The summed E-state index contributed by atoms with van der Waals surface area (Å²) in [7, 11) is 0. The highest BCUT2D eigenvalue weighted by atomic mass is 35.5. The summed E-state index contributed by atoms with van der Waals surface area (Å²) in [6.07, 6.45) is -0.0246. The van der Waals surface area contributed by atoms with Crippen LogP contribution < -0.4 is 10.6 Å². The van der Waals surface area contributed by atoms with Gasteiger partial charge in [0.1, 0.15) is 5.25 Å². The lowest BCUT2D eigenvalue weighted by molar-refractivity contribution is -0.384. The Morgan fingerprint density at radius 2 is 1.90 bits per heavy atom. The van der Waals surface area contributed by atoms with E-state index in [4.69, 9.17) is 11.6 Å². The van der Waals surface area contributed by atoms with E-state index in [0.717, 1.165) is 11.8 Å². The second-order valence-corrected chi connectivity index (χ2v) is 7.88. The highest BCUT2D eigenvalue weighted by Gasteiger charge is 2.32. The third-order valence-electron chi connectivity index (χ3n) is 4.06. The number of rotatable bonds is 6. The number of anilines is 1. The van der Waals surface area contributed by atoms with Crippen LogP contribution in [0.2, 0.25) is 5.02 Å². The van der Waals surface area contributed by atoms with Crippen LogP contribution in [0.4, 0.5) is 11.4 Å². The summed E-state index contributed by atoms with van der Waals surface area (Å²) in [5.74, 6) is -0.634. The summed E-state index contributed by atoms with van der Waals surface area (Å²) in [6, 6.07) is 12.6. The van der Waals surface area contributed by atoms with Gasteiger partial charge in [-0.2, -0.15) is 5.10 Å². The van der Waals surface area contributed by atoms with Crippen molar-refractivity contribution in [1.82, 2.24) is 5.32 Å². The molecule has 30 heavy (non-hydrogen) atoms. The second-order valence-electron chi connectivity index (χ2n) is 6.25. The summed E-state index contributed by atoms with van der Waals surface area (Å²) >= 11 is 6.93. The minimum Gasteiger partial charge on any atom is -0.326 e. The van der Waals surface area contributed by atoms with Gasteiger partial charge in [0.15, 0.2) is 5.17 Å². The first-order valence-electron chi connectivity index (χ1n) is 8.72. The van der Waals surface area contributed by atoms with Crippen molar-refractivity contribution in [2.24, 2.45) is 10.2 Å². The van der Waals surface area contributed by atoms with Gasteiger partial charge in [-0.3, -0.25) is 19.7 Å². The van der Waals surface area contributed by atoms with Crippen molar-refractivity contribution < 1.29 is 14.5 Å². The quantitative estimate of drug-likeness (QED) is 0.399. The summed E-state index contributed by atoms with van der Waals surface area (Å²) in [5, 5.41) is 24.3. The number of carbonyl (C=O) groups is 2. The van der Waals surface area contributed by atoms with Crippen molar-refractivity contribution in [3.8, 4) is 0 Å². The Kier molecular flexibility index (Phi) is 6.80. The van der Waals surface area contributed by atoms with Gasteiger partial charge < -0.3 is 10.6 Å². The molecule has 3 rings (SSSR count). The number of hydrogen-bond donors (Lipinski definition) is 2. The molecule has 1 atom stereocenters. The molecule has 2 aromatic carbocycles. The minimum absolute atomic E-state index is 0.0174. The molecule has 154 valence electrons. The molecule has 11 heteroatoms. The zero-order chi connectivity index (χ0) is 21.7. The van der Waals surface area contributed by atoms with E-state index in [0.29, 0.717) is 22.0 Å². The molecule has 1 saturated heterocycles. The molecule has 2 aromatic rings. The second kappa shape index (κ2) is 9.51. The van der Waals surface area contributed by atoms with E-state index in [2.05, 4.69) is 20.8 Å². The standard InChI is InChI=1S/C19H16ClN5O4S/c1-11(12-2-8-15(9-3-12)25(28)29)23-24-19-22-18(27)16(30-19)10-17(26)21-14-6-4-13(20)5-7-14/h2-9,16H,10H2,1H3,(H,21,26)(H,22,24,27)/b23-11-/t16-/m0/s1. The number of amidine groups is 1. The Balaban J connectivity index is 1.59. The van der Waals surface area contributed by atoms with Crippen LogP contribution in [0, 0.1) is 10.1 Å². The van der Waals surface area contributed by atoms with E-state index in [1.165, 1.54) is 12.1 Å². The lowest BCUT2D eigenvalue weighted by Crippen LogP contribution is -2.28. The van der Waals surface area contributed by atoms with E-state index in [-0.39, 0.29) is 29.1 Å². The van der Waals surface area contributed by atoms with Crippen molar-refractivity contribution in [1.29, 1.82) is 0 Å². The largest absolute Gasteiger partial charge is 0.326 e. The van der Waals surface area contributed by atoms with E-state index in [1.807, 2.05) is 0 Å². The maximum atomic E-state index is 12.2. The van der Waals surface area contributed by atoms with E-state index >= 15 is 0 Å². The number of benzene rings is 2. The molecule has 0 unspecified atom stereocenters. The highest BCUT2D eigenvalue weighted by Crippen LogP contribution is 2.23. The molecule has 1 fully saturated rings. The lowest BCUT2D eigenvalue weighted by atomic mass is 10.1. The molecule has 9 nitrogen and oxygen atoms in total. The molecule has 0 spiro atoms. The summed E-state index contributed by atoms with van der Waals surface area (Å²) in [6.45, 7) is 1.70. The fraction of sp³-hybridized carbons (Fsp3) is 0.158. The van der Waals surface area contributed by atoms with Gasteiger partial charge >= 0.3 is 0 Å². The number of thioether (sulfide) groups is 1. The third-order valence-corrected chi connectivity index (χ3v) is 5.39. The zero-order valence-corrected chi connectivity index (χ0v) is 17.2. The number of nitro benzene ring substituents is 1. The fourth-order valence-corrected chi connectivity index (χ4v) is 3.55. The molecule has 0 saturated carbocycles. The average Bonchev–Trinajstić information content (AvgIpc) is 3.07. The lowest BCUT2D eigenvalue weighted by Gasteiger charge is -2.07. The smallest absolute Gasteiger partial charge is 0.269 e. The Bertz CT molecular complexity index is 1040. The predicted octanol–water partition coefficient (Wildman–Crippen LogP) is 3.59. The first-order valence-corrected chi connectivity index (χ1v) is 9.97. The summed E-state index contributed by atoms with van der Waals surface area (Å²) in [5.41, 5.74) is 1.76. The van der Waals surface area contributed by atoms with Crippen molar-refractivity contribution in [3.05, 3.63) is 69.2 Å². The maximum Gasteiger partial charge on any atom is 0.269 e. The first-order chi connectivity index (χ1) is 14.3. The third kappa shape index (κ3) is 5.65. The first kappa shape index (κ1) is 21.5. The summed E-state index contributed by atoms with van der Waals surface area (Å²) in [4.78, 5) is 34.5. The number of non-ortho nitro benzene ring substituents is 1. The van der Waals surface area contributed by atoms with Crippen LogP contribution >= 0.6 is 23.4 Å². The Morgan fingerprint density at radius 1 is 1.23 bits per heavy atom. The van der Waals surface area contributed by atoms with Crippen molar-refractivity contribution in [3.63, 3.8) is 0 Å². The number of nitrogens with zero attached hydrogens (tertiary/aromatic N) is 3. The molecule has 0 radical (unpaired) electrons. The van der Waals surface area contributed by atoms with Gasteiger partial charge in [0, 0.05) is 29.3 Å². The topological polar surface area (TPSA) is 126 Å².